The van der Waals surface area contributed by atoms with Crippen molar-refractivity contribution in [2.24, 2.45) is 0 Å². The molecule has 0 fully saturated rings. The van der Waals surface area contributed by atoms with Crippen LogP contribution in [-0.4, -0.2) is 20.6 Å². The molecule has 1 heterocycles. The second-order valence-corrected chi connectivity index (χ2v) is 4.31. The molecular formula is C10H10BrN3O2. The number of aromatic nitrogens is 2. The Hall–Kier alpha value is -1.56. The lowest BCUT2D eigenvalue weighted by atomic mass is 10.3. The third-order valence-electron chi connectivity index (χ3n) is 2.29. The van der Waals surface area contributed by atoms with Crippen molar-refractivity contribution in [3.63, 3.8) is 0 Å². The van der Waals surface area contributed by atoms with Crippen molar-refractivity contribution < 1.29 is 9.90 Å². The second kappa shape index (κ2) is 4.13. The van der Waals surface area contributed by atoms with Crippen molar-refractivity contribution in [1.29, 1.82) is 0 Å². The largest absolute Gasteiger partial charge is 0.481 e. The molecule has 0 aliphatic rings. The molecule has 0 spiro atoms. The molecule has 0 saturated heterocycles. The Balaban J connectivity index is 2.45. The van der Waals surface area contributed by atoms with E-state index in [1.165, 1.54) is 0 Å². The number of carboxylic acid groups (broad SMARTS) is 1. The third kappa shape index (κ3) is 2.01. The van der Waals surface area contributed by atoms with E-state index in [0.717, 1.165) is 15.5 Å². The van der Waals surface area contributed by atoms with Gasteiger partial charge in [0.2, 0.25) is 5.95 Å². The minimum Gasteiger partial charge on any atom is -0.481 e. The predicted octanol–water partition coefficient (Wildman–Crippen LogP) is 1.86. The van der Waals surface area contributed by atoms with Crippen LogP contribution in [0.2, 0.25) is 0 Å². The van der Waals surface area contributed by atoms with Crippen LogP contribution in [-0.2, 0) is 11.3 Å². The number of halogens is 1. The number of carbonyl (C=O) groups is 1. The van der Waals surface area contributed by atoms with Gasteiger partial charge in [0.15, 0.2) is 0 Å². The van der Waals surface area contributed by atoms with Crippen LogP contribution >= 0.6 is 15.9 Å². The van der Waals surface area contributed by atoms with Gasteiger partial charge in [0, 0.05) is 11.0 Å². The molecule has 1 aromatic carbocycles. The van der Waals surface area contributed by atoms with E-state index < -0.39 is 5.97 Å². The first-order chi connectivity index (χ1) is 7.58. The minimum atomic E-state index is -0.851. The summed E-state index contributed by atoms with van der Waals surface area (Å²) in [5, 5.41) is 8.65. The van der Waals surface area contributed by atoms with Gasteiger partial charge in [-0.25, -0.2) is 4.98 Å². The molecule has 5 nitrogen and oxygen atoms in total. The van der Waals surface area contributed by atoms with Crippen LogP contribution in [0, 0.1) is 0 Å². The van der Waals surface area contributed by atoms with Crippen LogP contribution in [0.5, 0.6) is 0 Å². The van der Waals surface area contributed by atoms with E-state index in [4.69, 9.17) is 10.8 Å². The lowest BCUT2D eigenvalue weighted by molar-refractivity contribution is -0.137. The summed E-state index contributed by atoms with van der Waals surface area (Å²) >= 11 is 3.36. The number of benzene rings is 1. The average molecular weight is 284 g/mol. The molecule has 2 rings (SSSR count). The van der Waals surface area contributed by atoms with E-state index in [9.17, 15) is 4.79 Å². The van der Waals surface area contributed by atoms with Crippen LogP contribution in [0.1, 0.15) is 6.42 Å². The first-order valence-electron chi connectivity index (χ1n) is 4.71. The van der Waals surface area contributed by atoms with Gasteiger partial charge < -0.3 is 15.4 Å². The van der Waals surface area contributed by atoms with Gasteiger partial charge in [-0.2, -0.15) is 0 Å². The fraction of sp³-hybridized carbons (Fsp3) is 0.200. The van der Waals surface area contributed by atoms with Gasteiger partial charge >= 0.3 is 5.97 Å². The first kappa shape index (κ1) is 10.9. The highest BCUT2D eigenvalue weighted by Crippen LogP contribution is 2.22. The predicted molar refractivity (Wildman–Crippen MR) is 64.1 cm³/mol. The standard InChI is InChI=1S/C10H10BrN3O2/c11-6-1-2-7-8(5-6)14(10(12)13-7)4-3-9(15)16/h1-2,5H,3-4H2,(H2,12,13)(H,15,16). The normalized spacial score (nSPS) is 10.8. The molecule has 6 heteroatoms. The maximum atomic E-state index is 10.5. The van der Waals surface area contributed by atoms with Crippen molar-refractivity contribution in [2.45, 2.75) is 13.0 Å². The summed E-state index contributed by atoms with van der Waals surface area (Å²) in [5.41, 5.74) is 7.34. The molecule has 0 amide bonds. The van der Waals surface area contributed by atoms with E-state index in [-0.39, 0.29) is 6.42 Å². The van der Waals surface area contributed by atoms with Crippen LogP contribution < -0.4 is 5.73 Å². The number of nitrogens with zero attached hydrogens (tertiary/aromatic N) is 2. The lowest BCUT2D eigenvalue weighted by Gasteiger charge is -2.03. The molecule has 0 saturated carbocycles. The van der Waals surface area contributed by atoms with E-state index in [1.54, 1.807) is 4.57 Å². The number of fused-ring (bicyclic) bond motifs is 1. The van der Waals surface area contributed by atoms with Gasteiger partial charge in [0.1, 0.15) is 0 Å². The number of rotatable bonds is 3. The van der Waals surface area contributed by atoms with Gasteiger partial charge in [-0.15, -0.1) is 0 Å². The maximum absolute atomic E-state index is 10.5. The van der Waals surface area contributed by atoms with Crippen LogP contribution in [0.25, 0.3) is 11.0 Å². The molecule has 3 N–H and O–H groups in total. The third-order valence-corrected chi connectivity index (χ3v) is 2.78. The lowest BCUT2D eigenvalue weighted by Crippen LogP contribution is -2.07. The Morgan fingerprint density at radius 2 is 2.31 bits per heavy atom. The van der Waals surface area contributed by atoms with Gasteiger partial charge in [-0.05, 0) is 18.2 Å². The average Bonchev–Trinajstić information content (AvgIpc) is 2.51. The molecule has 0 aliphatic heterocycles. The summed E-state index contributed by atoms with van der Waals surface area (Å²) in [6.45, 7) is 0.328. The quantitative estimate of drug-likeness (QED) is 0.901. The Bertz CT molecular complexity index is 550. The zero-order chi connectivity index (χ0) is 11.7. The van der Waals surface area contributed by atoms with Crippen LogP contribution in [0.15, 0.2) is 22.7 Å². The monoisotopic (exact) mass is 283 g/mol. The number of imidazole rings is 1. The Kier molecular flexibility index (Phi) is 2.82. The highest BCUT2D eigenvalue weighted by Gasteiger charge is 2.09. The van der Waals surface area contributed by atoms with E-state index in [1.807, 2.05) is 18.2 Å². The molecule has 0 bridgehead atoms. The number of carboxylic acids is 1. The Morgan fingerprint density at radius 1 is 1.56 bits per heavy atom. The molecule has 0 atom stereocenters. The summed E-state index contributed by atoms with van der Waals surface area (Å²) < 4.78 is 2.62. The van der Waals surface area contributed by atoms with Crippen molar-refractivity contribution >= 4 is 38.9 Å². The molecule has 84 valence electrons. The van der Waals surface area contributed by atoms with E-state index >= 15 is 0 Å². The summed E-state index contributed by atoms with van der Waals surface area (Å²) in [6, 6.07) is 5.59. The number of aryl methyl sites for hydroxylation is 1. The minimum absolute atomic E-state index is 0.0299. The number of anilines is 1. The van der Waals surface area contributed by atoms with Crippen LogP contribution in [0.4, 0.5) is 5.95 Å². The summed E-state index contributed by atoms with van der Waals surface area (Å²) in [6.07, 6.45) is 0.0299. The molecule has 0 unspecified atom stereocenters. The number of hydrogen-bond donors (Lipinski definition) is 2. The van der Waals surface area contributed by atoms with Gasteiger partial charge in [-0.3, -0.25) is 4.79 Å². The highest BCUT2D eigenvalue weighted by molar-refractivity contribution is 9.10. The van der Waals surface area contributed by atoms with E-state index in [0.29, 0.717) is 12.5 Å². The first-order valence-corrected chi connectivity index (χ1v) is 5.50. The van der Waals surface area contributed by atoms with Gasteiger partial charge in [0.25, 0.3) is 0 Å². The Labute approximate surface area is 100 Å². The number of nitrogen functional groups attached to an aromatic ring is 1. The van der Waals surface area contributed by atoms with E-state index in [2.05, 4.69) is 20.9 Å². The van der Waals surface area contributed by atoms with Crippen molar-refractivity contribution in [3.8, 4) is 0 Å². The SMILES string of the molecule is Nc1nc2ccc(Br)cc2n1CCC(=O)O. The molecule has 0 aliphatic carbocycles. The van der Waals surface area contributed by atoms with Crippen LogP contribution in [0.3, 0.4) is 0 Å². The topological polar surface area (TPSA) is 81.1 Å². The second-order valence-electron chi connectivity index (χ2n) is 3.40. The van der Waals surface area contributed by atoms with Crippen molar-refractivity contribution in [1.82, 2.24) is 9.55 Å². The fourth-order valence-corrected chi connectivity index (χ4v) is 1.91. The summed E-state index contributed by atoms with van der Waals surface area (Å²) in [4.78, 5) is 14.7. The fourth-order valence-electron chi connectivity index (χ4n) is 1.56. The number of nitrogens with two attached hydrogens (primary N) is 1. The van der Waals surface area contributed by atoms with Gasteiger partial charge in [0.05, 0.1) is 17.5 Å². The zero-order valence-electron chi connectivity index (χ0n) is 8.35. The number of aliphatic carboxylic acids is 1. The summed E-state index contributed by atoms with van der Waals surface area (Å²) in [7, 11) is 0. The number of hydrogen-bond acceptors (Lipinski definition) is 3. The molecule has 0 radical (unpaired) electrons. The molecular weight excluding hydrogens is 274 g/mol. The van der Waals surface area contributed by atoms with Gasteiger partial charge in [-0.1, -0.05) is 15.9 Å². The summed E-state index contributed by atoms with van der Waals surface area (Å²) in [5.74, 6) is -0.509. The maximum Gasteiger partial charge on any atom is 0.305 e. The van der Waals surface area contributed by atoms with Crippen molar-refractivity contribution in [2.75, 3.05) is 5.73 Å². The molecule has 2 aromatic rings. The molecule has 1 aromatic heterocycles. The van der Waals surface area contributed by atoms with Crippen molar-refractivity contribution in [3.05, 3.63) is 22.7 Å². The molecule has 16 heavy (non-hydrogen) atoms. The zero-order valence-corrected chi connectivity index (χ0v) is 9.94. The highest BCUT2D eigenvalue weighted by atomic mass is 79.9. The smallest absolute Gasteiger partial charge is 0.305 e. The Morgan fingerprint density at radius 3 is 3.00 bits per heavy atom.